The summed E-state index contributed by atoms with van der Waals surface area (Å²) in [5, 5.41) is 0. The van der Waals surface area contributed by atoms with Gasteiger partial charge in [-0.25, -0.2) is 0 Å². The fraction of sp³-hybridized carbons (Fsp3) is 0.562. The molecule has 2 N–H and O–H groups in total. The number of likely N-dealkylation sites (N-methyl/N-ethyl adjacent to an activating group) is 1. The first kappa shape index (κ1) is 14.1. The average Bonchev–Trinajstić information content (AvgIpc) is 2.48. The first-order chi connectivity index (χ1) is 9.20. The molecule has 1 aliphatic carbocycles. The zero-order valence-electron chi connectivity index (χ0n) is 11.8. The molecule has 2 rings (SSSR count). The van der Waals surface area contributed by atoms with Gasteiger partial charge in [0.15, 0.2) is 0 Å². The summed E-state index contributed by atoms with van der Waals surface area (Å²) in [6.45, 7) is 0.720. The van der Waals surface area contributed by atoms with Crippen LogP contribution in [0.2, 0.25) is 0 Å². The van der Waals surface area contributed by atoms with Gasteiger partial charge in [-0.3, -0.25) is 4.79 Å². The third kappa shape index (κ3) is 3.80. The van der Waals surface area contributed by atoms with Gasteiger partial charge in [-0.2, -0.15) is 0 Å². The van der Waals surface area contributed by atoms with Gasteiger partial charge in [-0.05, 0) is 29.9 Å². The second-order valence-corrected chi connectivity index (χ2v) is 5.53. The Bertz CT molecular complexity index is 407. The van der Waals surface area contributed by atoms with E-state index in [1.54, 1.807) is 11.9 Å². The second-order valence-electron chi connectivity index (χ2n) is 5.53. The minimum absolute atomic E-state index is 0.0173. The molecule has 0 saturated heterocycles. The monoisotopic (exact) mass is 260 g/mol. The fourth-order valence-corrected chi connectivity index (χ4v) is 2.85. The highest BCUT2D eigenvalue weighted by molar-refractivity contribution is 5.77. The lowest BCUT2D eigenvalue weighted by Gasteiger charge is -2.22. The van der Waals surface area contributed by atoms with E-state index in [0.717, 1.165) is 5.92 Å². The molecule has 19 heavy (non-hydrogen) atoms. The highest BCUT2D eigenvalue weighted by atomic mass is 16.2. The molecule has 1 aromatic carbocycles. The van der Waals surface area contributed by atoms with Gasteiger partial charge in [0.05, 0.1) is 6.54 Å². The minimum atomic E-state index is -0.0173. The molecule has 1 aromatic rings. The number of nitrogens with zero attached hydrogens (tertiary/aromatic N) is 1. The van der Waals surface area contributed by atoms with Gasteiger partial charge in [0.25, 0.3) is 0 Å². The number of hydrogen-bond donors (Lipinski definition) is 1. The summed E-state index contributed by atoms with van der Waals surface area (Å²) in [6.07, 6.45) is 6.76. The molecule has 1 aliphatic rings. The first-order valence-corrected chi connectivity index (χ1v) is 7.23. The van der Waals surface area contributed by atoms with Crippen LogP contribution in [-0.2, 0) is 11.3 Å². The van der Waals surface area contributed by atoms with Crippen LogP contribution in [0.4, 0.5) is 0 Å². The number of carbonyl (C=O) groups excluding carboxylic acids is 1. The van der Waals surface area contributed by atoms with Gasteiger partial charge >= 0.3 is 0 Å². The van der Waals surface area contributed by atoms with E-state index >= 15 is 0 Å². The molecule has 1 amide bonds. The Morgan fingerprint density at radius 1 is 1.21 bits per heavy atom. The quantitative estimate of drug-likeness (QED) is 0.904. The number of hydrogen-bond acceptors (Lipinski definition) is 2. The van der Waals surface area contributed by atoms with Crippen molar-refractivity contribution in [3.05, 3.63) is 35.4 Å². The smallest absolute Gasteiger partial charge is 0.236 e. The van der Waals surface area contributed by atoms with Crippen molar-refractivity contribution in [2.75, 3.05) is 13.6 Å². The van der Waals surface area contributed by atoms with Crippen molar-refractivity contribution in [3.63, 3.8) is 0 Å². The van der Waals surface area contributed by atoms with Gasteiger partial charge in [-0.1, -0.05) is 43.5 Å². The lowest BCUT2D eigenvalue weighted by Crippen LogP contribution is -2.32. The molecule has 0 spiro atoms. The highest BCUT2D eigenvalue weighted by Gasteiger charge is 2.15. The average molecular weight is 260 g/mol. The Morgan fingerprint density at radius 2 is 1.84 bits per heavy atom. The van der Waals surface area contributed by atoms with Crippen LogP contribution in [-0.4, -0.2) is 24.4 Å². The standard InChI is InChI=1S/C16H24N2O/c1-18(16(19)11-17)12-13-7-9-15(10-8-13)14-5-3-2-4-6-14/h7-10,14H,2-6,11-12,17H2,1H3. The third-order valence-corrected chi connectivity index (χ3v) is 4.08. The highest BCUT2D eigenvalue weighted by Crippen LogP contribution is 2.32. The van der Waals surface area contributed by atoms with E-state index in [4.69, 9.17) is 5.73 Å². The van der Waals surface area contributed by atoms with Crippen molar-refractivity contribution in [3.8, 4) is 0 Å². The van der Waals surface area contributed by atoms with E-state index in [0.29, 0.717) is 6.54 Å². The van der Waals surface area contributed by atoms with Crippen molar-refractivity contribution in [1.29, 1.82) is 0 Å². The first-order valence-electron chi connectivity index (χ1n) is 7.23. The number of carbonyl (C=O) groups is 1. The summed E-state index contributed by atoms with van der Waals surface area (Å²) < 4.78 is 0. The normalized spacial score (nSPS) is 16.3. The van der Waals surface area contributed by atoms with Crippen LogP contribution in [0.3, 0.4) is 0 Å². The zero-order valence-corrected chi connectivity index (χ0v) is 11.8. The molecule has 0 bridgehead atoms. The second kappa shape index (κ2) is 6.71. The van der Waals surface area contributed by atoms with Crippen molar-refractivity contribution < 1.29 is 4.79 Å². The van der Waals surface area contributed by atoms with Crippen molar-refractivity contribution >= 4 is 5.91 Å². The van der Waals surface area contributed by atoms with Crippen LogP contribution in [0.15, 0.2) is 24.3 Å². The van der Waals surface area contributed by atoms with Crippen LogP contribution < -0.4 is 5.73 Å². The molecule has 0 aliphatic heterocycles. The van der Waals surface area contributed by atoms with Gasteiger partial charge in [0.2, 0.25) is 5.91 Å². The fourth-order valence-electron chi connectivity index (χ4n) is 2.85. The summed E-state index contributed by atoms with van der Waals surface area (Å²) in [4.78, 5) is 13.1. The lowest BCUT2D eigenvalue weighted by molar-refractivity contribution is -0.128. The summed E-state index contributed by atoms with van der Waals surface area (Å²) in [7, 11) is 1.80. The lowest BCUT2D eigenvalue weighted by atomic mass is 9.84. The molecule has 0 unspecified atom stereocenters. The summed E-state index contributed by atoms with van der Waals surface area (Å²) >= 11 is 0. The molecular weight excluding hydrogens is 236 g/mol. The Balaban J connectivity index is 1.96. The molecule has 0 aromatic heterocycles. The molecule has 3 heteroatoms. The number of nitrogens with two attached hydrogens (primary N) is 1. The third-order valence-electron chi connectivity index (χ3n) is 4.08. The summed E-state index contributed by atoms with van der Waals surface area (Å²) in [6, 6.07) is 8.74. The molecule has 1 saturated carbocycles. The molecule has 0 heterocycles. The molecule has 0 radical (unpaired) electrons. The predicted octanol–water partition coefficient (Wildman–Crippen LogP) is 2.65. The number of benzene rings is 1. The van der Waals surface area contributed by atoms with Gasteiger partial charge in [0, 0.05) is 13.6 Å². The van der Waals surface area contributed by atoms with Crippen LogP contribution in [0, 0.1) is 0 Å². The van der Waals surface area contributed by atoms with Crippen LogP contribution >= 0.6 is 0 Å². The van der Waals surface area contributed by atoms with E-state index < -0.39 is 0 Å². The zero-order chi connectivity index (χ0) is 13.7. The minimum Gasteiger partial charge on any atom is -0.340 e. The maximum absolute atomic E-state index is 11.4. The molecule has 3 nitrogen and oxygen atoms in total. The topological polar surface area (TPSA) is 46.3 Å². The predicted molar refractivity (Wildman–Crippen MR) is 77.8 cm³/mol. The molecule has 0 atom stereocenters. The Labute approximate surface area is 115 Å². The largest absolute Gasteiger partial charge is 0.340 e. The van der Waals surface area contributed by atoms with Crippen molar-refractivity contribution in [2.24, 2.45) is 5.73 Å². The van der Waals surface area contributed by atoms with Gasteiger partial charge in [-0.15, -0.1) is 0 Å². The van der Waals surface area contributed by atoms with Gasteiger partial charge in [0.1, 0.15) is 0 Å². The maximum atomic E-state index is 11.4. The van der Waals surface area contributed by atoms with E-state index in [9.17, 15) is 4.79 Å². The van der Waals surface area contributed by atoms with E-state index in [1.807, 2.05) is 0 Å². The molecule has 104 valence electrons. The van der Waals surface area contributed by atoms with Gasteiger partial charge < -0.3 is 10.6 Å². The molecule has 1 fully saturated rings. The maximum Gasteiger partial charge on any atom is 0.236 e. The summed E-state index contributed by atoms with van der Waals surface area (Å²) in [5.74, 6) is 0.725. The summed E-state index contributed by atoms with van der Waals surface area (Å²) in [5.41, 5.74) is 7.98. The SMILES string of the molecule is CN(Cc1ccc(C2CCCCC2)cc1)C(=O)CN. The van der Waals surface area contributed by atoms with E-state index in [2.05, 4.69) is 24.3 Å². The van der Waals surface area contributed by atoms with Crippen molar-refractivity contribution in [1.82, 2.24) is 4.90 Å². The molecular formula is C16H24N2O. The number of rotatable bonds is 4. The van der Waals surface area contributed by atoms with Crippen LogP contribution in [0.25, 0.3) is 0 Å². The Morgan fingerprint density at radius 3 is 2.42 bits per heavy atom. The number of amides is 1. The van der Waals surface area contributed by atoms with E-state index in [-0.39, 0.29) is 12.5 Å². The van der Waals surface area contributed by atoms with E-state index in [1.165, 1.54) is 43.2 Å². The Kier molecular flexibility index (Phi) is 4.97. The Hall–Kier alpha value is -1.35. The van der Waals surface area contributed by atoms with Crippen LogP contribution in [0.1, 0.15) is 49.1 Å². The van der Waals surface area contributed by atoms with Crippen molar-refractivity contribution in [2.45, 2.75) is 44.6 Å². The van der Waals surface area contributed by atoms with Crippen LogP contribution in [0.5, 0.6) is 0 Å².